The molecule has 0 bridgehead atoms. The molecule has 1 unspecified atom stereocenters. The number of likely N-dealkylation sites (tertiary alicyclic amines) is 1. The van der Waals surface area contributed by atoms with Gasteiger partial charge in [-0.2, -0.15) is 0 Å². The van der Waals surface area contributed by atoms with Crippen molar-refractivity contribution in [1.82, 2.24) is 35.4 Å². The highest BCUT2D eigenvalue weighted by atomic mass is 32.2. The zero-order valence-electron chi connectivity index (χ0n) is 28.8. The number of nitrogens with zero attached hydrogens (tertiary/aromatic N) is 7. The summed E-state index contributed by atoms with van der Waals surface area (Å²) in [6.45, 7) is 3.55. The number of anilines is 1. The standard InChI is InChI=1S/C37H35N9O5S2/c1-4-21-51-34(49)30(20-22-52-36-41-43-44-45(36)2)46-23-28(33(46)48)38-32(47)31(42-50-3)29-24-53-35(39-29)40-37(25-14-8-5-9-15-25,26-16-10-6-11-17-26)27-18-12-7-13-19-27/h4-20,24,28H,1,21-23H2,2-3H3,(H,38,47)(H,39,40)/b30-20+,42-31-. The predicted octanol–water partition coefficient (Wildman–Crippen LogP) is 4.15. The Labute approximate surface area is 313 Å². The SMILES string of the molecule is C=CCOC(=O)/C(=C\CSc1nnnn1C)N1CC(NC(=O)/C(=N\OC)c2csc(NC(c3ccccc3)(c3ccccc3)c3ccccc3)n2)C1=O. The van der Waals surface area contributed by atoms with Crippen LogP contribution < -0.4 is 10.6 Å². The minimum atomic E-state index is -0.936. The van der Waals surface area contributed by atoms with Crippen LogP contribution in [0.5, 0.6) is 0 Å². The van der Waals surface area contributed by atoms with Gasteiger partial charge in [-0.1, -0.05) is 121 Å². The van der Waals surface area contributed by atoms with E-state index in [0.29, 0.717) is 10.3 Å². The second-order valence-corrected chi connectivity index (χ2v) is 13.3. The highest BCUT2D eigenvalue weighted by Gasteiger charge is 2.43. The molecule has 53 heavy (non-hydrogen) atoms. The summed E-state index contributed by atoms with van der Waals surface area (Å²) in [7, 11) is 3.01. The van der Waals surface area contributed by atoms with Gasteiger partial charge < -0.3 is 25.1 Å². The van der Waals surface area contributed by atoms with E-state index in [2.05, 4.69) is 74.3 Å². The van der Waals surface area contributed by atoms with E-state index in [1.165, 1.54) is 45.9 Å². The number of hydrogen-bond acceptors (Lipinski definition) is 13. The molecule has 270 valence electrons. The van der Waals surface area contributed by atoms with E-state index in [9.17, 15) is 14.4 Å². The van der Waals surface area contributed by atoms with E-state index in [0.717, 1.165) is 16.7 Å². The van der Waals surface area contributed by atoms with Gasteiger partial charge in [-0.3, -0.25) is 9.59 Å². The monoisotopic (exact) mass is 749 g/mol. The molecule has 5 aromatic rings. The second-order valence-electron chi connectivity index (χ2n) is 11.5. The van der Waals surface area contributed by atoms with Crippen molar-refractivity contribution in [2.75, 3.05) is 31.3 Å². The van der Waals surface area contributed by atoms with Crippen LogP contribution in [0, 0.1) is 0 Å². The van der Waals surface area contributed by atoms with Crippen LogP contribution in [0.2, 0.25) is 0 Å². The molecule has 2 N–H and O–H groups in total. The van der Waals surface area contributed by atoms with Gasteiger partial charge in [-0.05, 0) is 33.2 Å². The Balaban J connectivity index is 1.21. The third-order valence-electron chi connectivity index (χ3n) is 8.20. The minimum Gasteiger partial charge on any atom is -0.457 e. The average molecular weight is 750 g/mol. The summed E-state index contributed by atoms with van der Waals surface area (Å²) in [6.07, 6.45) is 2.99. The number of ether oxygens (including phenoxy) is 1. The summed E-state index contributed by atoms with van der Waals surface area (Å²) in [5.74, 6) is -1.60. The van der Waals surface area contributed by atoms with Gasteiger partial charge in [0.25, 0.3) is 11.8 Å². The number of carbonyl (C=O) groups is 3. The van der Waals surface area contributed by atoms with Crippen LogP contribution in [0.15, 0.2) is 131 Å². The number of aromatic nitrogens is 5. The third kappa shape index (κ3) is 8.03. The lowest BCUT2D eigenvalue weighted by molar-refractivity contribution is -0.150. The molecule has 0 spiro atoms. The third-order valence-corrected chi connectivity index (χ3v) is 9.89. The number of hydrogen-bond donors (Lipinski definition) is 2. The van der Waals surface area contributed by atoms with Gasteiger partial charge in [0.05, 0.1) is 6.54 Å². The fourth-order valence-electron chi connectivity index (χ4n) is 5.71. The quantitative estimate of drug-likeness (QED) is 0.0218. The fourth-order valence-corrected chi connectivity index (χ4v) is 7.16. The van der Waals surface area contributed by atoms with Crippen molar-refractivity contribution in [2.45, 2.75) is 16.7 Å². The lowest BCUT2D eigenvalue weighted by Gasteiger charge is -2.39. The molecule has 1 atom stereocenters. The number of oxime groups is 1. The lowest BCUT2D eigenvalue weighted by atomic mass is 9.77. The van der Waals surface area contributed by atoms with E-state index in [-0.39, 0.29) is 36.0 Å². The normalized spacial score (nSPS) is 14.6. The van der Waals surface area contributed by atoms with Gasteiger partial charge >= 0.3 is 5.97 Å². The van der Waals surface area contributed by atoms with E-state index < -0.39 is 29.4 Å². The maximum atomic E-state index is 13.6. The van der Waals surface area contributed by atoms with Crippen LogP contribution in [-0.4, -0.2) is 85.6 Å². The smallest absolute Gasteiger partial charge is 0.355 e. The minimum absolute atomic E-state index is 0.0215. The molecule has 3 heterocycles. The molecule has 2 aromatic heterocycles. The number of tetrazole rings is 1. The molecular formula is C37H35N9O5S2. The topological polar surface area (TPSA) is 166 Å². The van der Waals surface area contributed by atoms with E-state index in [1.54, 1.807) is 18.5 Å². The van der Waals surface area contributed by atoms with Crippen molar-refractivity contribution >= 4 is 51.7 Å². The maximum absolute atomic E-state index is 13.6. The van der Waals surface area contributed by atoms with Crippen LogP contribution in [0.4, 0.5) is 5.13 Å². The highest BCUT2D eigenvalue weighted by Crippen LogP contribution is 2.40. The summed E-state index contributed by atoms with van der Waals surface area (Å²) in [5.41, 5.74) is 2.26. The van der Waals surface area contributed by atoms with Crippen LogP contribution in [0.25, 0.3) is 0 Å². The Morgan fingerprint density at radius 2 is 1.66 bits per heavy atom. The van der Waals surface area contributed by atoms with E-state index in [1.807, 2.05) is 54.6 Å². The molecule has 3 aromatic carbocycles. The lowest BCUT2D eigenvalue weighted by Crippen LogP contribution is -2.64. The van der Waals surface area contributed by atoms with Crippen LogP contribution >= 0.6 is 23.1 Å². The summed E-state index contributed by atoms with van der Waals surface area (Å²) in [5, 5.41) is 24.4. The number of amides is 2. The maximum Gasteiger partial charge on any atom is 0.355 e. The zero-order valence-corrected chi connectivity index (χ0v) is 30.4. The van der Waals surface area contributed by atoms with Crippen molar-refractivity contribution < 1.29 is 24.0 Å². The Morgan fingerprint density at radius 1 is 1.04 bits per heavy atom. The Bertz CT molecular complexity index is 2020. The van der Waals surface area contributed by atoms with E-state index in [4.69, 9.17) is 14.6 Å². The number of carbonyl (C=O) groups excluding carboxylic acids is 3. The first-order valence-corrected chi connectivity index (χ1v) is 18.2. The van der Waals surface area contributed by atoms with Crippen molar-refractivity contribution in [2.24, 2.45) is 12.2 Å². The highest BCUT2D eigenvalue weighted by molar-refractivity contribution is 7.99. The number of rotatable bonds is 16. The van der Waals surface area contributed by atoms with Gasteiger partial charge in [0, 0.05) is 18.2 Å². The molecule has 2 amide bonds. The average Bonchev–Trinajstić information content (AvgIpc) is 3.84. The number of nitrogens with one attached hydrogen (secondary N) is 2. The molecular weight excluding hydrogens is 715 g/mol. The first-order valence-electron chi connectivity index (χ1n) is 16.3. The molecule has 0 radical (unpaired) electrons. The van der Waals surface area contributed by atoms with Crippen molar-refractivity contribution in [3.05, 3.63) is 143 Å². The Morgan fingerprint density at radius 3 is 2.19 bits per heavy atom. The van der Waals surface area contributed by atoms with E-state index >= 15 is 0 Å². The summed E-state index contributed by atoms with van der Waals surface area (Å²) in [6, 6.07) is 29.2. The second kappa shape index (κ2) is 16.9. The molecule has 16 heteroatoms. The number of aryl methyl sites for hydroxylation is 1. The summed E-state index contributed by atoms with van der Waals surface area (Å²) >= 11 is 2.57. The molecule has 14 nitrogen and oxygen atoms in total. The van der Waals surface area contributed by atoms with Crippen molar-refractivity contribution in [3.63, 3.8) is 0 Å². The molecule has 0 saturated carbocycles. The van der Waals surface area contributed by atoms with Crippen molar-refractivity contribution in [3.8, 4) is 0 Å². The number of thioether (sulfide) groups is 1. The van der Waals surface area contributed by atoms with Gasteiger partial charge in [-0.25, -0.2) is 14.5 Å². The van der Waals surface area contributed by atoms with Gasteiger partial charge in [0.15, 0.2) is 10.8 Å². The van der Waals surface area contributed by atoms with Crippen molar-refractivity contribution in [1.29, 1.82) is 0 Å². The largest absolute Gasteiger partial charge is 0.457 e. The first kappa shape index (κ1) is 36.7. The number of thiazole rings is 1. The first-order chi connectivity index (χ1) is 25.8. The van der Waals surface area contributed by atoms with Crippen LogP contribution in [0.1, 0.15) is 22.4 Å². The molecule has 1 aliphatic rings. The predicted molar refractivity (Wildman–Crippen MR) is 201 cm³/mol. The van der Waals surface area contributed by atoms with Gasteiger partial charge in [0.2, 0.25) is 5.16 Å². The number of esters is 1. The fraction of sp³-hybridized carbons (Fsp3) is 0.189. The molecule has 6 rings (SSSR count). The van der Waals surface area contributed by atoms with Crippen LogP contribution in [0.3, 0.4) is 0 Å². The number of β-lactam (4-membered cyclic amide) rings is 1. The number of benzene rings is 3. The molecule has 1 saturated heterocycles. The summed E-state index contributed by atoms with van der Waals surface area (Å²) < 4.78 is 6.71. The Hall–Kier alpha value is -6.13. The zero-order chi connectivity index (χ0) is 37.2. The summed E-state index contributed by atoms with van der Waals surface area (Å²) in [4.78, 5) is 51.0. The van der Waals surface area contributed by atoms with Gasteiger partial charge in [0.1, 0.15) is 36.7 Å². The van der Waals surface area contributed by atoms with Gasteiger partial charge in [-0.15, -0.1) is 16.4 Å². The van der Waals surface area contributed by atoms with Crippen LogP contribution in [-0.2, 0) is 36.5 Å². The molecule has 0 aliphatic carbocycles. The molecule has 1 aliphatic heterocycles. The Kier molecular flexibility index (Phi) is 11.7. The molecule has 1 fully saturated rings.